The van der Waals surface area contributed by atoms with E-state index < -0.39 is 5.97 Å². The van der Waals surface area contributed by atoms with Crippen LogP contribution in [0.5, 0.6) is 5.75 Å². The molecule has 2 aromatic rings. The van der Waals surface area contributed by atoms with Gasteiger partial charge in [0.2, 0.25) is 5.76 Å². The zero-order valence-electron chi connectivity index (χ0n) is 9.29. The lowest BCUT2D eigenvalue weighted by Gasteiger charge is -2.24. The third-order valence-corrected chi connectivity index (χ3v) is 2.74. The molecule has 3 heterocycles. The minimum atomic E-state index is -1.12. The fourth-order valence-electron chi connectivity index (χ4n) is 1.90. The number of carboxylic acid groups (broad SMARTS) is 1. The van der Waals surface area contributed by atoms with Gasteiger partial charge in [-0.2, -0.15) is 0 Å². The first-order valence-corrected chi connectivity index (χ1v) is 5.41. The number of ether oxygens (including phenoxy) is 1. The fraction of sp³-hybridized carbons (Fsp3) is 0.167. The Morgan fingerprint density at radius 2 is 2.44 bits per heavy atom. The highest BCUT2D eigenvalue weighted by atomic mass is 16.5. The number of nitrogens with one attached hydrogen (secondary N) is 1. The first-order valence-electron chi connectivity index (χ1n) is 5.41. The second-order valence-electron chi connectivity index (χ2n) is 3.88. The molecule has 0 radical (unpaired) electrons. The Labute approximate surface area is 102 Å². The first kappa shape index (κ1) is 10.6. The van der Waals surface area contributed by atoms with Crippen molar-refractivity contribution < 1.29 is 19.1 Å². The Kier molecular flexibility index (Phi) is 2.40. The monoisotopic (exact) mass is 246 g/mol. The van der Waals surface area contributed by atoms with Gasteiger partial charge in [-0.25, -0.2) is 4.79 Å². The van der Waals surface area contributed by atoms with Crippen LogP contribution in [-0.2, 0) is 0 Å². The van der Waals surface area contributed by atoms with E-state index in [2.05, 4.69) is 10.3 Å². The number of rotatable bonds is 2. The van der Waals surface area contributed by atoms with E-state index in [1.54, 1.807) is 12.4 Å². The van der Waals surface area contributed by atoms with Crippen molar-refractivity contribution in [2.75, 3.05) is 11.9 Å². The van der Waals surface area contributed by atoms with Crippen LogP contribution < -0.4 is 10.1 Å². The molecule has 2 N–H and O–H groups in total. The van der Waals surface area contributed by atoms with Gasteiger partial charge in [0.1, 0.15) is 18.1 Å². The van der Waals surface area contributed by atoms with Gasteiger partial charge in [0.05, 0.1) is 6.54 Å². The number of aromatic nitrogens is 1. The lowest BCUT2D eigenvalue weighted by Crippen LogP contribution is -2.23. The van der Waals surface area contributed by atoms with E-state index >= 15 is 0 Å². The van der Waals surface area contributed by atoms with Crippen molar-refractivity contribution in [1.82, 2.24) is 4.98 Å². The van der Waals surface area contributed by atoms with Crippen LogP contribution in [0.2, 0.25) is 0 Å². The van der Waals surface area contributed by atoms with E-state index in [0.717, 1.165) is 5.56 Å². The Morgan fingerprint density at radius 3 is 3.17 bits per heavy atom. The topological polar surface area (TPSA) is 84.6 Å². The maximum Gasteiger partial charge on any atom is 0.374 e. The van der Waals surface area contributed by atoms with E-state index in [9.17, 15) is 4.79 Å². The van der Waals surface area contributed by atoms with Crippen LogP contribution in [0.3, 0.4) is 0 Å². The van der Waals surface area contributed by atoms with E-state index in [1.807, 2.05) is 12.1 Å². The predicted molar refractivity (Wildman–Crippen MR) is 61.8 cm³/mol. The number of aromatic carboxylic acids is 1. The van der Waals surface area contributed by atoms with E-state index in [1.165, 1.54) is 6.26 Å². The summed E-state index contributed by atoms with van der Waals surface area (Å²) in [7, 11) is 0. The van der Waals surface area contributed by atoms with Crippen LogP contribution in [-0.4, -0.2) is 22.6 Å². The van der Waals surface area contributed by atoms with Crippen molar-refractivity contribution in [2.24, 2.45) is 0 Å². The molecule has 6 heteroatoms. The van der Waals surface area contributed by atoms with Gasteiger partial charge in [0.25, 0.3) is 0 Å². The molecular weight excluding hydrogens is 236 g/mol. The molecule has 1 unspecified atom stereocenters. The maximum absolute atomic E-state index is 10.9. The average Bonchev–Trinajstić information content (AvgIpc) is 2.82. The number of nitrogens with zero attached hydrogens (tertiary/aromatic N) is 1. The summed E-state index contributed by atoms with van der Waals surface area (Å²) in [6.07, 6.45) is 4.50. The summed E-state index contributed by atoms with van der Waals surface area (Å²) in [5.74, 6) is -0.839. The molecular formula is C12H10N2O4. The molecule has 0 amide bonds. The molecule has 1 aliphatic heterocycles. The highest BCUT2D eigenvalue weighted by molar-refractivity contribution is 5.93. The summed E-state index contributed by atoms with van der Waals surface area (Å²) in [4.78, 5) is 14.9. The molecule has 0 saturated carbocycles. The number of anilines is 1. The van der Waals surface area contributed by atoms with E-state index in [-0.39, 0.29) is 11.9 Å². The SMILES string of the molecule is O=C(O)c1occ2c1NCC(c1cccnc1)O2. The summed E-state index contributed by atoms with van der Waals surface area (Å²) in [5.41, 5.74) is 1.32. The second-order valence-corrected chi connectivity index (χ2v) is 3.88. The quantitative estimate of drug-likeness (QED) is 0.842. The summed E-state index contributed by atoms with van der Waals surface area (Å²) >= 11 is 0. The number of pyridine rings is 1. The van der Waals surface area contributed by atoms with Gasteiger partial charge in [-0.15, -0.1) is 0 Å². The maximum atomic E-state index is 10.9. The van der Waals surface area contributed by atoms with Crippen molar-refractivity contribution in [3.8, 4) is 5.75 Å². The Bertz CT molecular complexity index is 579. The number of hydrogen-bond acceptors (Lipinski definition) is 5. The van der Waals surface area contributed by atoms with Gasteiger partial charge < -0.3 is 19.6 Å². The van der Waals surface area contributed by atoms with Crippen LogP contribution in [0.4, 0.5) is 5.69 Å². The number of hydrogen-bond donors (Lipinski definition) is 2. The van der Waals surface area contributed by atoms with Crippen LogP contribution in [0.1, 0.15) is 22.2 Å². The van der Waals surface area contributed by atoms with Crippen molar-refractivity contribution in [3.63, 3.8) is 0 Å². The largest absolute Gasteiger partial charge is 0.478 e. The molecule has 2 aromatic heterocycles. The number of carboxylic acids is 1. The van der Waals surface area contributed by atoms with Crippen molar-refractivity contribution >= 4 is 11.7 Å². The summed E-state index contributed by atoms with van der Waals surface area (Å²) in [5, 5.41) is 11.9. The molecule has 0 aliphatic carbocycles. The lowest BCUT2D eigenvalue weighted by molar-refractivity contribution is 0.0663. The molecule has 18 heavy (non-hydrogen) atoms. The number of carbonyl (C=O) groups is 1. The van der Waals surface area contributed by atoms with Gasteiger partial charge in [-0.05, 0) is 6.07 Å². The van der Waals surface area contributed by atoms with E-state index in [4.69, 9.17) is 14.3 Å². The highest BCUT2D eigenvalue weighted by Crippen LogP contribution is 2.38. The lowest BCUT2D eigenvalue weighted by atomic mass is 10.1. The fourth-order valence-corrected chi connectivity index (χ4v) is 1.90. The zero-order valence-corrected chi connectivity index (χ0v) is 9.29. The minimum Gasteiger partial charge on any atom is -0.478 e. The molecule has 1 aliphatic rings. The van der Waals surface area contributed by atoms with Gasteiger partial charge in [-0.1, -0.05) is 6.07 Å². The summed E-state index contributed by atoms with van der Waals surface area (Å²) < 4.78 is 10.6. The second kappa shape index (κ2) is 4.06. The van der Waals surface area contributed by atoms with Crippen molar-refractivity contribution in [1.29, 1.82) is 0 Å². The van der Waals surface area contributed by atoms with Crippen molar-refractivity contribution in [3.05, 3.63) is 42.1 Å². The molecule has 1 atom stereocenters. The highest BCUT2D eigenvalue weighted by Gasteiger charge is 2.28. The molecule has 0 saturated heterocycles. The summed E-state index contributed by atoms with van der Waals surface area (Å²) in [6.45, 7) is 0.471. The molecule has 0 aromatic carbocycles. The Balaban J connectivity index is 1.89. The number of furan rings is 1. The zero-order chi connectivity index (χ0) is 12.5. The molecule has 0 fully saturated rings. The van der Waals surface area contributed by atoms with Gasteiger partial charge in [0.15, 0.2) is 5.75 Å². The van der Waals surface area contributed by atoms with E-state index in [0.29, 0.717) is 18.0 Å². The Morgan fingerprint density at radius 1 is 1.56 bits per heavy atom. The molecule has 0 spiro atoms. The standard InChI is InChI=1S/C12H10N2O4/c15-12(16)11-10-9(6-17-11)18-8(5-14-10)7-2-1-3-13-4-7/h1-4,6,8,14H,5H2,(H,15,16). The smallest absolute Gasteiger partial charge is 0.374 e. The molecule has 92 valence electrons. The Hall–Kier alpha value is -2.50. The minimum absolute atomic E-state index is 0.130. The first-order chi connectivity index (χ1) is 8.75. The van der Waals surface area contributed by atoms with Crippen molar-refractivity contribution in [2.45, 2.75) is 6.10 Å². The van der Waals surface area contributed by atoms with Gasteiger partial charge in [0, 0.05) is 18.0 Å². The van der Waals surface area contributed by atoms with Crippen LogP contribution >= 0.6 is 0 Å². The van der Waals surface area contributed by atoms with Gasteiger partial charge in [-0.3, -0.25) is 4.98 Å². The van der Waals surface area contributed by atoms with Gasteiger partial charge >= 0.3 is 5.97 Å². The molecule has 6 nitrogen and oxygen atoms in total. The average molecular weight is 246 g/mol. The van der Waals surface area contributed by atoms with Crippen LogP contribution in [0.15, 0.2) is 35.2 Å². The molecule has 3 rings (SSSR count). The third kappa shape index (κ3) is 1.67. The number of fused-ring (bicyclic) bond motifs is 1. The predicted octanol–water partition coefficient (Wildman–Crippen LogP) is 1.92. The van der Waals surface area contributed by atoms with Crippen LogP contribution in [0, 0.1) is 0 Å². The normalized spacial score (nSPS) is 17.4. The van der Waals surface area contributed by atoms with Crippen LogP contribution in [0.25, 0.3) is 0 Å². The molecule has 0 bridgehead atoms. The third-order valence-electron chi connectivity index (χ3n) is 2.74. The summed E-state index contributed by atoms with van der Waals surface area (Å²) in [6, 6.07) is 3.73.